The van der Waals surface area contributed by atoms with Crippen LogP contribution in [-0.4, -0.2) is 29.9 Å². The van der Waals surface area contributed by atoms with Crippen molar-refractivity contribution in [2.24, 2.45) is 5.73 Å². The van der Waals surface area contributed by atoms with Crippen LogP contribution in [0, 0.1) is 5.82 Å². The zero-order valence-corrected chi connectivity index (χ0v) is 11.9. The Morgan fingerprint density at radius 2 is 2.05 bits per heavy atom. The Morgan fingerprint density at radius 1 is 1.30 bits per heavy atom. The minimum Gasteiger partial charge on any atom is -0.336 e. The van der Waals surface area contributed by atoms with Crippen LogP contribution < -0.4 is 5.73 Å². The van der Waals surface area contributed by atoms with Crippen molar-refractivity contribution in [2.75, 3.05) is 13.1 Å². The lowest BCUT2D eigenvalue weighted by atomic mass is 9.93. The monoisotopic (exact) mass is 278 g/mol. The van der Waals surface area contributed by atoms with Gasteiger partial charge in [-0.3, -0.25) is 4.79 Å². The van der Waals surface area contributed by atoms with Crippen molar-refractivity contribution < 1.29 is 9.18 Å². The van der Waals surface area contributed by atoms with Crippen LogP contribution in [0.4, 0.5) is 4.39 Å². The fraction of sp³-hybridized carbons (Fsp3) is 0.562. The fourth-order valence-corrected chi connectivity index (χ4v) is 2.89. The van der Waals surface area contributed by atoms with E-state index in [0.29, 0.717) is 18.7 Å². The summed E-state index contributed by atoms with van der Waals surface area (Å²) in [5, 5.41) is 0. The Hall–Kier alpha value is -1.42. The molecule has 0 spiro atoms. The van der Waals surface area contributed by atoms with Crippen LogP contribution in [0.5, 0.6) is 0 Å². The number of benzene rings is 1. The number of halogens is 1. The summed E-state index contributed by atoms with van der Waals surface area (Å²) in [7, 11) is 0. The molecule has 2 rings (SSSR count). The normalized spacial score (nSPS) is 16.1. The molecule has 1 saturated carbocycles. The number of hydrogen-bond donors (Lipinski definition) is 1. The molecule has 0 atom stereocenters. The van der Waals surface area contributed by atoms with Crippen molar-refractivity contribution in [3.8, 4) is 0 Å². The van der Waals surface area contributed by atoms with Crippen LogP contribution in [0.3, 0.4) is 0 Å². The van der Waals surface area contributed by atoms with Crippen LogP contribution >= 0.6 is 0 Å². The first kappa shape index (κ1) is 15.0. The molecule has 20 heavy (non-hydrogen) atoms. The van der Waals surface area contributed by atoms with Gasteiger partial charge in [0.15, 0.2) is 0 Å². The second kappa shape index (κ2) is 7.39. The molecule has 0 radical (unpaired) electrons. The number of carbonyl (C=O) groups is 1. The van der Waals surface area contributed by atoms with Crippen molar-refractivity contribution in [1.29, 1.82) is 0 Å². The van der Waals surface area contributed by atoms with E-state index in [9.17, 15) is 9.18 Å². The third kappa shape index (κ3) is 3.79. The van der Waals surface area contributed by atoms with E-state index >= 15 is 0 Å². The summed E-state index contributed by atoms with van der Waals surface area (Å²) in [4.78, 5) is 14.5. The van der Waals surface area contributed by atoms with Gasteiger partial charge in [0.25, 0.3) is 5.91 Å². The van der Waals surface area contributed by atoms with Gasteiger partial charge in [-0.2, -0.15) is 0 Å². The first-order valence-corrected chi connectivity index (χ1v) is 7.49. The van der Waals surface area contributed by atoms with Crippen LogP contribution in [0.15, 0.2) is 24.3 Å². The largest absolute Gasteiger partial charge is 0.336 e. The summed E-state index contributed by atoms with van der Waals surface area (Å²) in [5.41, 5.74) is 6.01. The highest BCUT2D eigenvalue weighted by atomic mass is 19.1. The average Bonchev–Trinajstić information content (AvgIpc) is 2.48. The van der Waals surface area contributed by atoms with Crippen molar-refractivity contribution in [2.45, 2.75) is 44.6 Å². The van der Waals surface area contributed by atoms with Gasteiger partial charge in [0, 0.05) is 18.2 Å². The van der Waals surface area contributed by atoms with Gasteiger partial charge in [0.2, 0.25) is 0 Å². The fourth-order valence-electron chi connectivity index (χ4n) is 2.89. The first-order valence-electron chi connectivity index (χ1n) is 7.49. The molecular weight excluding hydrogens is 255 g/mol. The molecule has 1 aliphatic carbocycles. The SMILES string of the molecule is NCCCN(C(=O)c1cccc(F)c1)C1CCCCC1. The summed E-state index contributed by atoms with van der Waals surface area (Å²) >= 11 is 0. The highest BCUT2D eigenvalue weighted by Gasteiger charge is 2.25. The Labute approximate surface area is 120 Å². The second-order valence-corrected chi connectivity index (χ2v) is 5.44. The molecule has 0 saturated heterocycles. The molecular formula is C16H23FN2O. The molecule has 0 heterocycles. The highest BCUT2D eigenvalue weighted by Crippen LogP contribution is 2.24. The molecule has 1 aliphatic rings. The molecule has 110 valence electrons. The lowest BCUT2D eigenvalue weighted by Crippen LogP contribution is -2.42. The third-order valence-corrected chi connectivity index (χ3v) is 3.95. The Balaban J connectivity index is 2.14. The van der Waals surface area contributed by atoms with E-state index in [2.05, 4.69) is 0 Å². The molecule has 1 fully saturated rings. The van der Waals surface area contributed by atoms with Crippen LogP contribution in [-0.2, 0) is 0 Å². The summed E-state index contributed by atoms with van der Waals surface area (Å²) < 4.78 is 13.3. The van der Waals surface area contributed by atoms with Crippen molar-refractivity contribution in [1.82, 2.24) is 4.90 Å². The first-order chi connectivity index (χ1) is 9.72. The molecule has 1 amide bonds. The van der Waals surface area contributed by atoms with Crippen LogP contribution in [0.1, 0.15) is 48.9 Å². The Bertz CT molecular complexity index is 444. The average molecular weight is 278 g/mol. The number of nitrogens with zero attached hydrogens (tertiary/aromatic N) is 1. The van der Waals surface area contributed by atoms with E-state index in [1.807, 2.05) is 4.90 Å². The molecule has 1 aromatic carbocycles. The van der Waals surface area contributed by atoms with Gasteiger partial charge in [0.1, 0.15) is 5.82 Å². The van der Waals surface area contributed by atoms with Crippen LogP contribution in [0.2, 0.25) is 0 Å². The van der Waals surface area contributed by atoms with E-state index in [1.54, 1.807) is 12.1 Å². The summed E-state index contributed by atoms with van der Waals surface area (Å²) in [6.45, 7) is 1.23. The van der Waals surface area contributed by atoms with E-state index in [-0.39, 0.29) is 17.8 Å². The zero-order valence-electron chi connectivity index (χ0n) is 11.9. The quantitative estimate of drug-likeness (QED) is 0.900. The van der Waals surface area contributed by atoms with Crippen molar-refractivity contribution >= 4 is 5.91 Å². The topological polar surface area (TPSA) is 46.3 Å². The number of carbonyl (C=O) groups excluding carboxylic acids is 1. The standard InChI is InChI=1S/C16H23FN2O/c17-14-7-4-6-13(12-14)16(20)19(11-5-10-18)15-8-2-1-3-9-15/h4,6-7,12,15H,1-3,5,8-11,18H2. The van der Waals surface area contributed by atoms with Crippen molar-refractivity contribution in [3.05, 3.63) is 35.6 Å². The molecule has 0 unspecified atom stereocenters. The van der Waals surface area contributed by atoms with Gasteiger partial charge in [0.05, 0.1) is 0 Å². The minimum absolute atomic E-state index is 0.0650. The lowest BCUT2D eigenvalue weighted by Gasteiger charge is -2.34. The predicted octanol–water partition coefficient (Wildman–Crippen LogP) is 2.95. The molecule has 3 nitrogen and oxygen atoms in total. The second-order valence-electron chi connectivity index (χ2n) is 5.44. The van der Waals surface area contributed by atoms with E-state index < -0.39 is 0 Å². The third-order valence-electron chi connectivity index (χ3n) is 3.95. The minimum atomic E-state index is -0.363. The van der Waals surface area contributed by atoms with E-state index in [4.69, 9.17) is 5.73 Å². The number of nitrogens with two attached hydrogens (primary N) is 1. The number of hydrogen-bond acceptors (Lipinski definition) is 2. The van der Waals surface area contributed by atoms with E-state index in [1.165, 1.54) is 31.4 Å². The van der Waals surface area contributed by atoms with E-state index in [0.717, 1.165) is 19.3 Å². The maximum Gasteiger partial charge on any atom is 0.254 e. The summed E-state index contributed by atoms with van der Waals surface area (Å²) in [5.74, 6) is -0.428. The van der Waals surface area contributed by atoms with Crippen molar-refractivity contribution in [3.63, 3.8) is 0 Å². The lowest BCUT2D eigenvalue weighted by molar-refractivity contribution is 0.0632. The smallest absolute Gasteiger partial charge is 0.254 e. The van der Waals surface area contributed by atoms with Gasteiger partial charge in [-0.25, -0.2) is 4.39 Å². The highest BCUT2D eigenvalue weighted by molar-refractivity contribution is 5.94. The van der Waals surface area contributed by atoms with Gasteiger partial charge in [-0.05, 0) is 44.0 Å². The number of rotatable bonds is 5. The molecule has 1 aromatic rings. The zero-order chi connectivity index (χ0) is 14.4. The Kier molecular flexibility index (Phi) is 5.53. The van der Waals surface area contributed by atoms with Gasteiger partial charge in [-0.1, -0.05) is 25.3 Å². The molecule has 0 bridgehead atoms. The van der Waals surface area contributed by atoms with Gasteiger partial charge >= 0.3 is 0 Å². The molecule has 0 aromatic heterocycles. The molecule has 0 aliphatic heterocycles. The van der Waals surface area contributed by atoms with Gasteiger partial charge < -0.3 is 10.6 Å². The predicted molar refractivity (Wildman–Crippen MR) is 78.0 cm³/mol. The number of amides is 1. The van der Waals surface area contributed by atoms with Gasteiger partial charge in [-0.15, -0.1) is 0 Å². The molecule has 4 heteroatoms. The Morgan fingerprint density at radius 3 is 2.70 bits per heavy atom. The molecule has 2 N–H and O–H groups in total. The maximum atomic E-state index is 13.3. The summed E-state index contributed by atoms with van der Waals surface area (Å²) in [6, 6.07) is 6.24. The summed E-state index contributed by atoms with van der Waals surface area (Å²) in [6.07, 6.45) is 6.46. The maximum absolute atomic E-state index is 13.3. The van der Waals surface area contributed by atoms with Crippen LogP contribution in [0.25, 0.3) is 0 Å².